The fraction of sp³-hybridized carbons (Fsp3) is 0.333. The lowest BCUT2D eigenvalue weighted by atomic mass is 10.1. The molecule has 1 aromatic carbocycles. The molecule has 0 spiro atoms. The first-order valence-corrected chi connectivity index (χ1v) is 9.43. The molecular formula is C18H20N6OS. The van der Waals surface area contributed by atoms with Crippen molar-refractivity contribution in [3.05, 3.63) is 58.6 Å². The smallest absolute Gasteiger partial charge is 0.273 e. The van der Waals surface area contributed by atoms with Crippen molar-refractivity contribution >= 4 is 22.4 Å². The zero-order valence-electron chi connectivity index (χ0n) is 14.7. The van der Waals surface area contributed by atoms with Gasteiger partial charge in [0.25, 0.3) is 5.91 Å². The van der Waals surface area contributed by atoms with Gasteiger partial charge in [0.1, 0.15) is 11.5 Å². The van der Waals surface area contributed by atoms with Crippen LogP contribution in [0.4, 0.5) is 5.13 Å². The van der Waals surface area contributed by atoms with E-state index in [2.05, 4.69) is 44.1 Å². The highest BCUT2D eigenvalue weighted by molar-refractivity contribution is 7.13. The summed E-state index contributed by atoms with van der Waals surface area (Å²) in [6.07, 6.45) is 0.740. The minimum atomic E-state index is -0.0616. The Morgan fingerprint density at radius 2 is 2.12 bits per heavy atom. The quantitative estimate of drug-likeness (QED) is 0.766. The van der Waals surface area contributed by atoms with Gasteiger partial charge in [-0.3, -0.25) is 4.79 Å². The summed E-state index contributed by atoms with van der Waals surface area (Å²) >= 11 is 1.43. The third kappa shape index (κ3) is 3.08. The number of fused-ring (bicyclic) bond motifs is 1. The normalized spacial score (nSPS) is 16.4. The van der Waals surface area contributed by atoms with Gasteiger partial charge in [-0.2, -0.15) is 0 Å². The van der Waals surface area contributed by atoms with Crippen molar-refractivity contribution in [3.8, 4) is 0 Å². The Balaban J connectivity index is 1.55. The van der Waals surface area contributed by atoms with Crippen LogP contribution in [-0.4, -0.2) is 44.1 Å². The summed E-state index contributed by atoms with van der Waals surface area (Å²) in [6, 6.07) is 10.4. The Bertz CT molecular complexity index is 919. The fourth-order valence-corrected chi connectivity index (χ4v) is 3.96. The topological polar surface area (TPSA) is 75.9 Å². The lowest BCUT2D eigenvalue weighted by Crippen LogP contribution is -2.41. The largest absolute Gasteiger partial charge is 0.365 e. The van der Waals surface area contributed by atoms with E-state index in [9.17, 15) is 4.79 Å². The summed E-state index contributed by atoms with van der Waals surface area (Å²) in [7, 11) is 1.80. The van der Waals surface area contributed by atoms with Crippen molar-refractivity contribution in [2.24, 2.45) is 0 Å². The van der Waals surface area contributed by atoms with Crippen LogP contribution in [0.1, 0.15) is 40.7 Å². The summed E-state index contributed by atoms with van der Waals surface area (Å²) in [5.41, 5.74) is 1.68. The number of nitrogens with zero attached hydrogens (tertiary/aromatic N) is 5. The van der Waals surface area contributed by atoms with Gasteiger partial charge in [-0.1, -0.05) is 30.3 Å². The molecule has 0 saturated carbocycles. The van der Waals surface area contributed by atoms with E-state index in [4.69, 9.17) is 0 Å². The molecule has 134 valence electrons. The molecule has 0 radical (unpaired) electrons. The molecule has 7 nitrogen and oxygen atoms in total. The van der Waals surface area contributed by atoms with Gasteiger partial charge in [-0.25, -0.2) is 4.98 Å². The van der Waals surface area contributed by atoms with Crippen molar-refractivity contribution < 1.29 is 4.79 Å². The molecule has 3 heterocycles. The Morgan fingerprint density at radius 1 is 1.31 bits per heavy atom. The van der Waals surface area contributed by atoms with Gasteiger partial charge in [0.2, 0.25) is 0 Å². The molecule has 8 heteroatoms. The molecule has 26 heavy (non-hydrogen) atoms. The zero-order chi connectivity index (χ0) is 18.1. The molecule has 1 atom stereocenters. The van der Waals surface area contributed by atoms with Crippen LogP contribution in [0.2, 0.25) is 0 Å². The first-order chi connectivity index (χ1) is 12.7. The monoisotopic (exact) mass is 368 g/mol. The summed E-state index contributed by atoms with van der Waals surface area (Å²) in [4.78, 5) is 18.9. The van der Waals surface area contributed by atoms with E-state index in [1.54, 1.807) is 17.3 Å². The molecule has 4 rings (SSSR count). The van der Waals surface area contributed by atoms with E-state index < -0.39 is 0 Å². The highest BCUT2D eigenvalue weighted by Gasteiger charge is 2.30. The first-order valence-electron chi connectivity index (χ1n) is 8.55. The number of carbonyl (C=O) groups is 1. The number of nitrogens with one attached hydrogen (secondary N) is 1. The number of benzene rings is 1. The number of amides is 1. The van der Waals surface area contributed by atoms with Crippen LogP contribution in [0.3, 0.4) is 0 Å². The summed E-state index contributed by atoms with van der Waals surface area (Å²) in [5.74, 6) is 1.71. The minimum absolute atomic E-state index is 0.0616. The fourth-order valence-electron chi connectivity index (χ4n) is 3.32. The summed E-state index contributed by atoms with van der Waals surface area (Å²) in [5, 5.41) is 14.2. The van der Waals surface area contributed by atoms with Gasteiger partial charge in [-0.15, -0.1) is 21.5 Å². The van der Waals surface area contributed by atoms with Crippen molar-refractivity contribution in [3.63, 3.8) is 0 Å². The van der Waals surface area contributed by atoms with Gasteiger partial charge in [-0.05, 0) is 12.5 Å². The second kappa shape index (κ2) is 6.87. The Morgan fingerprint density at radius 3 is 2.85 bits per heavy atom. The lowest BCUT2D eigenvalue weighted by molar-refractivity contribution is 0.0674. The van der Waals surface area contributed by atoms with Crippen LogP contribution >= 0.6 is 11.3 Å². The molecule has 0 bridgehead atoms. The maximum atomic E-state index is 12.8. The van der Waals surface area contributed by atoms with E-state index in [0.29, 0.717) is 18.8 Å². The molecule has 0 aliphatic carbocycles. The number of thiazole rings is 1. The molecule has 1 aliphatic rings. The predicted molar refractivity (Wildman–Crippen MR) is 100 cm³/mol. The van der Waals surface area contributed by atoms with Gasteiger partial charge in [0.15, 0.2) is 11.0 Å². The van der Waals surface area contributed by atoms with Crippen molar-refractivity contribution in [1.29, 1.82) is 0 Å². The molecular weight excluding hydrogens is 348 g/mol. The van der Waals surface area contributed by atoms with Crippen LogP contribution in [0.25, 0.3) is 0 Å². The molecule has 3 aromatic rings. The number of rotatable bonds is 4. The molecule has 0 saturated heterocycles. The summed E-state index contributed by atoms with van der Waals surface area (Å²) < 4.78 is 2.16. The molecule has 2 aromatic heterocycles. The van der Waals surface area contributed by atoms with Crippen LogP contribution in [0.5, 0.6) is 0 Å². The Hall–Kier alpha value is -2.74. The van der Waals surface area contributed by atoms with Crippen LogP contribution in [-0.2, 0) is 13.0 Å². The van der Waals surface area contributed by atoms with Crippen LogP contribution < -0.4 is 5.32 Å². The minimum Gasteiger partial charge on any atom is -0.365 e. The molecule has 1 aliphatic heterocycles. The second-order valence-corrected chi connectivity index (χ2v) is 7.25. The maximum Gasteiger partial charge on any atom is 0.273 e. The van der Waals surface area contributed by atoms with E-state index in [1.165, 1.54) is 16.9 Å². The second-order valence-electron chi connectivity index (χ2n) is 6.39. The molecule has 1 N–H and O–H groups in total. The number of hydrogen-bond donors (Lipinski definition) is 1. The van der Waals surface area contributed by atoms with Crippen molar-refractivity contribution in [2.75, 3.05) is 18.9 Å². The van der Waals surface area contributed by atoms with Crippen molar-refractivity contribution in [2.45, 2.75) is 25.9 Å². The van der Waals surface area contributed by atoms with Gasteiger partial charge in [0, 0.05) is 25.4 Å². The maximum absolute atomic E-state index is 12.8. The lowest BCUT2D eigenvalue weighted by Gasteiger charge is -2.32. The highest BCUT2D eigenvalue weighted by Crippen LogP contribution is 2.25. The van der Waals surface area contributed by atoms with E-state index in [-0.39, 0.29) is 11.9 Å². The van der Waals surface area contributed by atoms with E-state index >= 15 is 0 Å². The first kappa shape index (κ1) is 16.7. The van der Waals surface area contributed by atoms with Gasteiger partial charge >= 0.3 is 0 Å². The van der Waals surface area contributed by atoms with E-state index in [1.807, 2.05) is 18.2 Å². The summed E-state index contributed by atoms with van der Waals surface area (Å²) in [6.45, 7) is 3.18. The zero-order valence-corrected chi connectivity index (χ0v) is 15.5. The third-order valence-electron chi connectivity index (χ3n) is 4.52. The van der Waals surface area contributed by atoms with E-state index in [0.717, 1.165) is 23.2 Å². The SMILES string of the molecule is CNc1nc(C(=O)N2Cc3nnc(Cc4ccccc4)n3[C@@H](C)C2)cs1. The number of carbonyl (C=O) groups excluding carboxylic acids is 1. The number of anilines is 1. The Labute approximate surface area is 155 Å². The highest BCUT2D eigenvalue weighted by atomic mass is 32.1. The average molecular weight is 368 g/mol. The molecule has 0 fully saturated rings. The predicted octanol–water partition coefficient (Wildman–Crippen LogP) is 2.58. The van der Waals surface area contributed by atoms with Gasteiger partial charge < -0.3 is 14.8 Å². The van der Waals surface area contributed by atoms with Crippen LogP contribution in [0, 0.1) is 0 Å². The molecule has 1 amide bonds. The number of hydrogen-bond acceptors (Lipinski definition) is 6. The van der Waals surface area contributed by atoms with Crippen molar-refractivity contribution in [1.82, 2.24) is 24.6 Å². The average Bonchev–Trinajstić information content (AvgIpc) is 3.29. The van der Waals surface area contributed by atoms with Gasteiger partial charge in [0.05, 0.1) is 12.6 Å². The number of aromatic nitrogens is 4. The third-order valence-corrected chi connectivity index (χ3v) is 5.38. The standard InChI is InChI=1S/C18H20N6OS/c1-12-9-23(17(25)14-11-26-18(19-2)20-14)10-16-22-21-15(24(12)16)8-13-6-4-3-5-7-13/h3-7,11-12H,8-10H2,1-2H3,(H,19,20)/t12-/m0/s1. The van der Waals surface area contributed by atoms with Crippen LogP contribution in [0.15, 0.2) is 35.7 Å². The Kier molecular flexibility index (Phi) is 4.42. The molecule has 0 unspecified atom stereocenters.